The van der Waals surface area contributed by atoms with Crippen LogP contribution in [0.1, 0.15) is 44.9 Å². The molecule has 4 rings (SSSR count). The Kier molecular flexibility index (Phi) is 6.09. The van der Waals surface area contributed by atoms with Crippen molar-refractivity contribution in [3.63, 3.8) is 0 Å². The zero-order valence-electron chi connectivity index (χ0n) is 18.3. The molecule has 5 heteroatoms. The summed E-state index contributed by atoms with van der Waals surface area (Å²) in [4.78, 5) is 16.7. The molecule has 158 valence electrons. The van der Waals surface area contributed by atoms with Crippen LogP contribution in [0.2, 0.25) is 0 Å². The molecule has 0 N–H and O–H groups in total. The van der Waals surface area contributed by atoms with E-state index >= 15 is 0 Å². The quantitative estimate of drug-likeness (QED) is 0.459. The number of hydrogen-bond acceptors (Lipinski definition) is 3. The van der Waals surface area contributed by atoms with E-state index in [4.69, 9.17) is 4.74 Å². The van der Waals surface area contributed by atoms with E-state index in [9.17, 15) is 4.79 Å². The number of aromatic nitrogens is 1. The van der Waals surface area contributed by atoms with Gasteiger partial charge < -0.3 is 14.2 Å². The molecule has 1 amide bonds. The molecule has 2 aromatic carbocycles. The van der Waals surface area contributed by atoms with Crippen LogP contribution in [0.25, 0.3) is 22.2 Å². The first-order valence-electron chi connectivity index (χ1n) is 11.0. The van der Waals surface area contributed by atoms with Gasteiger partial charge >= 0.3 is 0 Å². The van der Waals surface area contributed by atoms with Gasteiger partial charge in [0.15, 0.2) is 0 Å². The summed E-state index contributed by atoms with van der Waals surface area (Å²) in [5, 5.41) is 0.893. The molecule has 1 aliphatic rings. The first kappa shape index (κ1) is 20.9. The number of amides is 1. The van der Waals surface area contributed by atoms with Crippen LogP contribution in [0.3, 0.4) is 0 Å². The Balaban J connectivity index is 2.03. The van der Waals surface area contributed by atoms with E-state index in [2.05, 4.69) is 61.7 Å². The van der Waals surface area contributed by atoms with Gasteiger partial charge in [-0.05, 0) is 51.5 Å². The van der Waals surface area contributed by atoms with Crippen molar-refractivity contribution in [1.29, 1.82) is 0 Å². The highest BCUT2D eigenvalue weighted by Crippen LogP contribution is 2.53. The smallest absolute Gasteiger partial charge is 0.240 e. The minimum atomic E-state index is -0.243. The highest BCUT2D eigenvalue weighted by Gasteiger charge is 2.37. The highest BCUT2D eigenvalue weighted by molar-refractivity contribution is 8.00. The maximum absolute atomic E-state index is 13.6. The lowest BCUT2D eigenvalue weighted by atomic mass is 10.00. The third-order valence-corrected chi connectivity index (χ3v) is 7.06. The van der Waals surface area contributed by atoms with Crippen molar-refractivity contribution in [2.45, 2.75) is 50.8 Å². The molecule has 3 aromatic rings. The van der Waals surface area contributed by atoms with Gasteiger partial charge in [0.25, 0.3) is 0 Å². The van der Waals surface area contributed by atoms with Crippen molar-refractivity contribution >= 4 is 28.6 Å². The summed E-state index contributed by atoms with van der Waals surface area (Å²) >= 11 is 1.69. The molecule has 0 bridgehead atoms. The number of carbonyl (C=O) groups excluding carboxylic acids is 1. The van der Waals surface area contributed by atoms with Crippen LogP contribution in [0.4, 0.5) is 0 Å². The molecule has 0 saturated heterocycles. The van der Waals surface area contributed by atoms with Crippen LogP contribution in [0.15, 0.2) is 47.4 Å². The summed E-state index contributed by atoms with van der Waals surface area (Å²) in [6.07, 6.45) is 1.04. The van der Waals surface area contributed by atoms with Gasteiger partial charge in [-0.3, -0.25) is 4.79 Å². The predicted molar refractivity (Wildman–Crippen MR) is 125 cm³/mol. The molecular weight excluding hydrogens is 392 g/mol. The fourth-order valence-corrected chi connectivity index (χ4v) is 5.76. The van der Waals surface area contributed by atoms with Crippen LogP contribution < -0.4 is 4.74 Å². The molecule has 30 heavy (non-hydrogen) atoms. The number of hydrogen-bond donors (Lipinski definition) is 0. The second-order valence-electron chi connectivity index (χ2n) is 7.53. The molecule has 1 atom stereocenters. The fourth-order valence-electron chi connectivity index (χ4n) is 4.45. The SMILES string of the molecule is CCCn1c2c(c3cc(OCC)ccc31)C(C(=O)N(CC)CC)Sc1ccccc1-2. The van der Waals surface area contributed by atoms with Gasteiger partial charge in [-0.1, -0.05) is 25.1 Å². The van der Waals surface area contributed by atoms with E-state index in [1.165, 1.54) is 21.7 Å². The van der Waals surface area contributed by atoms with E-state index < -0.39 is 0 Å². The summed E-state index contributed by atoms with van der Waals surface area (Å²) in [6, 6.07) is 14.8. The first-order valence-corrected chi connectivity index (χ1v) is 11.9. The molecule has 0 radical (unpaired) electrons. The molecular formula is C25H30N2O2S. The van der Waals surface area contributed by atoms with Crippen molar-refractivity contribution < 1.29 is 9.53 Å². The number of aryl methyl sites for hydroxylation is 1. The average molecular weight is 423 g/mol. The zero-order chi connectivity index (χ0) is 21.3. The van der Waals surface area contributed by atoms with Crippen molar-refractivity contribution in [2.24, 2.45) is 0 Å². The molecule has 1 unspecified atom stereocenters. The van der Waals surface area contributed by atoms with Gasteiger partial charge in [-0.15, -0.1) is 11.8 Å². The maximum atomic E-state index is 13.6. The van der Waals surface area contributed by atoms with Gasteiger partial charge in [-0.25, -0.2) is 0 Å². The molecule has 0 saturated carbocycles. The number of fused-ring (bicyclic) bond motifs is 5. The van der Waals surface area contributed by atoms with Crippen LogP contribution >= 0.6 is 11.8 Å². The number of likely N-dealkylation sites (N-methyl/N-ethyl adjacent to an activating group) is 1. The lowest BCUT2D eigenvalue weighted by molar-refractivity contribution is -0.130. The molecule has 2 heterocycles. The Morgan fingerprint density at radius 2 is 1.87 bits per heavy atom. The highest BCUT2D eigenvalue weighted by atomic mass is 32.2. The molecule has 0 spiro atoms. The second-order valence-corrected chi connectivity index (χ2v) is 8.68. The topological polar surface area (TPSA) is 34.5 Å². The number of nitrogens with zero attached hydrogens (tertiary/aromatic N) is 2. The normalized spacial score (nSPS) is 15.0. The third kappa shape index (κ3) is 3.39. The van der Waals surface area contributed by atoms with Gasteiger partial charge in [-0.2, -0.15) is 0 Å². The Hall–Kier alpha value is -2.40. The predicted octanol–water partition coefficient (Wildman–Crippen LogP) is 6.13. The lowest BCUT2D eigenvalue weighted by Gasteiger charge is -2.30. The maximum Gasteiger partial charge on any atom is 0.240 e. The van der Waals surface area contributed by atoms with Gasteiger partial charge in [0.1, 0.15) is 11.0 Å². The van der Waals surface area contributed by atoms with E-state index in [0.717, 1.165) is 42.8 Å². The number of carbonyl (C=O) groups is 1. The monoisotopic (exact) mass is 422 g/mol. The minimum Gasteiger partial charge on any atom is -0.494 e. The summed E-state index contributed by atoms with van der Waals surface area (Å²) in [5.41, 5.74) is 4.74. The molecule has 1 aliphatic heterocycles. The Bertz CT molecular complexity index is 1070. The van der Waals surface area contributed by atoms with E-state index in [0.29, 0.717) is 6.61 Å². The van der Waals surface area contributed by atoms with Crippen LogP contribution in [-0.4, -0.2) is 35.1 Å². The average Bonchev–Trinajstić information content (AvgIpc) is 3.08. The van der Waals surface area contributed by atoms with Gasteiger partial charge in [0.2, 0.25) is 5.91 Å². The molecule has 4 nitrogen and oxygen atoms in total. The Morgan fingerprint density at radius 1 is 1.10 bits per heavy atom. The van der Waals surface area contributed by atoms with Crippen LogP contribution in [0, 0.1) is 0 Å². The fraction of sp³-hybridized carbons (Fsp3) is 0.400. The van der Waals surface area contributed by atoms with E-state index in [1.807, 2.05) is 17.9 Å². The van der Waals surface area contributed by atoms with Gasteiger partial charge in [0.05, 0.1) is 12.3 Å². The number of ether oxygens (including phenoxy) is 1. The summed E-state index contributed by atoms with van der Waals surface area (Å²) in [5.74, 6) is 1.05. The first-order chi connectivity index (χ1) is 14.6. The summed E-state index contributed by atoms with van der Waals surface area (Å²) < 4.78 is 8.22. The summed E-state index contributed by atoms with van der Waals surface area (Å²) in [6.45, 7) is 11.3. The van der Waals surface area contributed by atoms with Crippen molar-refractivity contribution in [3.05, 3.63) is 48.0 Å². The minimum absolute atomic E-state index is 0.193. The van der Waals surface area contributed by atoms with Crippen LogP contribution in [0.5, 0.6) is 5.75 Å². The largest absolute Gasteiger partial charge is 0.494 e. The van der Waals surface area contributed by atoms with Crippen LogP contribution in [-0.2, 0) is 11.3 Å². The Labute approximate surface area is 183 Å². The second kappa shape index (κ2) is 8.76. The van der Waals surface area contributed by atoms with Crippen molar-refractivity contribution in [3.8, 4) is 17.0 Å². The number of rotatable bonds is 7. The standard InChI is InChI=1S/C25H30N2O2S/c1-5-15-27-20-14-13-17(29-8-4)16-19(20)22-23(27)18-11-9-10-12-21(18)30-24(22)25(28)26(6-2)7-3/h9-14,16,24H,5-8,15H2,1-4H3. The lowest BCUT2D eigenvalue weighted by Crippen LogP contribution is -2.34. The molecule has 0 fully saturated rings. The summed E-state index contributed by atoms with van der Waals surface area (Å²) in [7, 11) is 0. The Morgan fingerprint density at radius 3 is 2.57 bits per heavy atom. The van der Waals surface area contributed by atoms with Gasteiger partial charge in [0, 0.05) is 46.6 Å². The van der Waals surface area contributed by atoms with E-state index in [1.54, 1.807) is 11.8 Å². The molecule has 0 aliphatic carbocycles. The molecule has 1 aromatic heterocycles. The van der Waals surface area contributed by atoms with Crippen molar-refractivity contribution in [2.75, 3.05) is 19.7 Å². The number of thioether (sulfide) groups is 1. The number of benzene rings is 2. The van der Waals surface area contributed by atoms with Crippen molar-refractivity contribution in [1.82, 2.24) is 9.47 Å². The van der Waals surface area contributed by atoms with E-state index in [-0.39, 0.29) is 11.2 Å². The zero-order valence-corrected chi connectivity index (χ0v) is 19.1. The third-order valence-electron chi connectivity index (χ3n) is 5.78.